The molecule has 0 aliphatic heterocycles. The van der Waals surface area contributed by atoms with Gasteiger partial charge in [0.1, 0.15) is 0 Å². The van der Waals surface area contributed by atoms with Gasteiger partial charge in [-0.2, -0.15) is 0 Å². The van der Waals surface area contributed by atoms with E-state index in [-0.39, 0.29) is 17.4 Å². The molecule has 26 heavy (non-hydrogen) atoms. The predicted octanol–water partition coefficient (Wildman–Crippen LogP) is 4.39. The summed E-state index contributed by atoms with van der Waals surface area (Å²) in [7, 11) is 0. The summed E-state index contributed by atoms with van der Waals surface area (Å²) in [5, 5.41) is 4.95. The number of rotatable bonds is 3. The maximum Gasteiger partial charge on any atom is 0.255 e. The number of carbonyl (C=O) groups excluding carboxylic acids is 1. The minimum atomic E-state index is -0.191. The average Bonchev–Trinajstić information content (AvgIpc) is 3.08. The molecule has 3 N–H and O–H groups in total. The molecule has 4 rings (SSSR count). The second kappa shape index (κ2) is 6.19. The summed E-state index contributed by atoms with van der Waals surface area (Å²) in [5.41, 5.74) is 3.72. The molecule has 0 bridgehead atoms. The van der Waals surface area contributed by atoms with E-state index in [0.29, 0.717) is 11.3 Å². The van der Waals surface area contributed by atoms with Crippen LogP contribution >= 0.6 is 0 Å². The highest BCUT2D eigenvalue weighted by molar-refractivity contribution is 6.06. The van der Waals surface area contributed by atoms with E-state index in [9.17, 15) is 9.59 Å². The fourth-order valence-corrected chi connectivity index (χ4v) is 3.23. The molecule has 0 saturated heterocycles. The molecule has 2 heterocycles. The van der Waals surface area contributed by atoms with Crippen molar-refractivity contribution in [2.75, 3.05) is 5.32 Å². The van der Waals surface area contributed by atoms with Crippen molar-refractivity contribution in [3.63, 3.8) is 0 Å². The predicted molar refractivity (Wildman–Crippen MR) is 105 cm³/mol. The van der Waals surface area contributed by atoms with Crippen molar-refractivity contribution in [3.05, 3.63) is 76.2 Å². The summed E-state index contributed by atoms with van der Waals surface area (Å²) in [6.45, 7) is 4.11. The Balaban J connectivity index is 1.68. The number of amides is 1. The summed E-state index contributed by atoms with van der Waals surface area (Å²) in [6.07, 6.45) is 1.85. The molecule has 0 spiro atoms. The lowest BCUT2D eigenvalue weighted by Crippen LogP contribution is -2.12. The van der Waals surface area contributed by atoms with Crippen LogP contribution in [0.3, 0.4) is 0 Å². The van der Waals surface area contributed by atoms with Gasteiger partial charge >= 0.3 is 0 Å². The van der Waals surface area contributed by atoms with E-state index < -0.39 is 0 Å². The van der Waals surface area contributed by atoms with Crippen LogP contribution in [0.1, 0.15) is 35.7 Å². The van der Waals surface area contributed by atoms with Crippen molar-refractivity contribution in [2.45, 2.75) is 19.8 Å². The maximum absolute atomic E-state index is 12.6. The van der Waals surface area contributed by atoms with Gasteiger partial charge in [-0.05, 0) is 47.2 Å². The topological polar surface area (TPSA) is 77.8 Å². The fourth-order valence-electron chi connectivity index (χ4n) is 3.23. The number of pyridine rings is 1. The Hall–Kier alpha value is -3.34. The van der Waals surface area contributed by atoms with Crippen LogP contribution in [0, 0.1) is 0 Å². The highest BCUT2D eigenvalue weighted by Gasteiger charge is 2.11. The molecule has 0 fully saturated rings. The van der Waals surface area contributed by atoms with E-state index >= 15 is 0 Å². The van der Waals surface area contributed by atoms with Crippen LogP contribution in [0.4, 0.5) is 5.69 Å². The Morgan fingerprint density at radius 1 is 1.00 bits per heavy atom. The van der Waals surface area contributed by atoms with Gasteiger partial charge in [0, 0.05) is 34.4 Å². The molecule has 0 atom stereocenters. The fraction of sp³-hybridized carbons (Fsp3) is 0.143. The van der Waals surface area contributed by atoms with Gasteiger partial charge in [0.25, 0.3) is 5.91 Å². The third-order valence-electron chi connectivity index (χ3n) is 4.57. The second-order valence-corrected chi connectivity index (χ2v) is 6.74. The van der Waals surface area contributed by atoms with Crippen LogP contribution in [0.2, 0.25) is 0 Å². The first-order valence-corrected chi connectivity index (χ1v) is 8.57. The van der Waals surface area contributed by atoms with Gasteiger partial charge in [-0.3, -0.25) is 9.59 Å². The number of benzene rings is 2. The maximum atomic E-state index is 12.6. The largest absolute Gasteiger partial charge is 0.361 e. The molecule has 130 valence electrons. The Morgan fingerprint density at radius 3 is 2.65 bits per heavy atom. The van der Waals surface area contributed by atoms with Gasteiger partial charge in [0.2, 0.25) is 5.56 Å². The minimum Gasteiger partial charge on any atom is -0.361 e. The van der Waals surface area contributed by atoms with Crippen molar-refractivity contribution < 1.29 is 4.79 Å². The highest BCUT2D eigenvalue weighted by Crippen LogP contribution is 2.25. The van der Waals surface area contributed by atoms with E-state index in [1.807, 2.05) is 36.5 Å². The lowest BCUT2D eigenvalue weighted by atomic mass is 9.99. The van der Waals surface area contributed by atoms with Crippen LogP contribution in [0.5, 0.6) is 0 Å². The van der Waals surface area contributed by atoms with Gasteiger partial charge in [0.15, 0.2) is 0 Å². The van der Waals surface area contributed by atoms with Gasteiger partial charge in [0.05, 0.1) is 5.52 Å². The van der Waals surface area contributed by atoms with Crippen molar-refractivity contribution in [2.24, 2.45) is 0 Å². The molecule has 2 aromatic carbocycles. The summed E-state index contributed by atoms with van der Waals surface area (Å²) >= 11 is 0. The van der Waals surface area contributed by atoms with Crippen LogP contribution in [-0.4, -0.2) is 15.9 Å². The molecular weight excluding hydrogens is 326 g/mol. The zero-order chi connectivity index (χ0) is 18.3. The van der Waals surface area contributed by atoms with Crippen LogP contribution in [-0.2, 0) is 0 Å². The van der Waals surface area contributed by atoms with E-state index in [2.05, 4.69) is 29.1 Å². The number of nitrogens with one attached hydrogen (secondary N) is 3. The van der Waals surface area contributed by atoms with Crippen LogP contribution < -0.4 is 10.9 Å². The monoisotopic (exact) mass is 345 g/mol. The third-order valence-corrected chi connectivity index (χ3v) is 4.57. The first-order chi connectivity index (χ1) is 12.5. The highest BCUT2D eigenvalue weighted by atomic mass is 16.1. The average molecular weight is 345 g/mol. The first kappa shape index (κ1) is 16.1. The summed E-state index contributed by atoms with van der Waals surface area (Å²) in [5.74, 6) is 0.0518. The molecule has 1 amide bonds. The number of H-pyrrole nitrogens is 2. The molecule has 5 nitrogen and oxygen atoms in total. The number of carbonyl (C=O) groups is 1. The number of aromatic nitrogens is 2. The van der Waals surface area contributed by atoms with Crippen LogP contribution in [0.15, 0.2) is 59.5 Å². The molecule has 4 aromatic rings. The quantitative estimate of drug-likeness (QED) is 0.515. The number of hydrogen-bond acceptors (Lipinski definition) is 2. The number of anilines is 1. The molecule has 2 aromatic heterocycles. The number of fused-ring (bicyclic) bond motifs is 2. The Kier molecular flexibility index (Phi) is 3.84. The van der Waals surface area contributed by atoms with E-state index in [1.165, 1.54) is 0 Å². The lowest BCUT2D eigenvalue weighted by Gasteiger charge is -2.11. The number of aromatic amines is 2. The Morgan fingerprint density at radius 2 is 1.85 bits per heavy atom. The lowest BCUT2D eigenvalue weighted by molar-refractivity contribution is 0.102. The van der Waals surface area contributed by atoms with Gasteiger partial charge in [-0.1, -0.05) is 26.0 Å². The van der Waals surface area contributed by atoms with E-state index in [4.69, 9.17) is 0 Å². The molecular formula is C21H19N3O2. The third kappa shape index (κ3) is 2.88. The van der Waals surface area contributed by atoms with Crippen molar-refractivity contribution >= 4 is 33.4 Å². The SMILES string of the molecule is CC(C)c1cc(=O)[nH]c2cc(NC(=O)c3ccc4cc[nH]c4c3)ccc12. The van der Waals surface area contributed by atoms with E-state index in [0.717, 1.165) is 27.4 Å². The van der Waals surface area contributed by atoms with Gasteiger partial charge in [-0.15, -0.1) is 0 Å². The standard InChI is InChI=1S/C21H19N3O2/c1-12(2)17-11-20(25)24-19-10-15(5-6-16(17)19)23-21(26)14-4-3-13-7-8-22-18(13)9-14/h3-12,22H,1-2H3,(H,23,26)(H,24,25). The van der Waals surface area contributed by atoms with Crippen molar-refractivity contribution in [1.29, 1.82) is 0 Å². The molecule has 0 unspecified atom stereocenters. The zero-order valence-corrected chi connectivity index (χ0v) is 14.6. The first-order valence-electron chi connectivity index (χ1n) is 8.57. The minimum absolute atomic E-state index is 0.137. The van der Waals surface area contributed by atoms with Gasteiger partial charge in [-0.25, -0.2) is 0 Å². The van der Waals surface area contributed by atoms with Gasteiger partial charge < -0.3 is 15.3 Å². The smallest absolute Gasteiger partial charge is 0.255 e. The summed E-state index contributed by atoms with van der Waals surface area (Å²) in [6, 6.07) is 14.7. The molecule has 0 aliphatic carbocycles. The normalized spacial score (nSPS) is 11.3. The molecule has 0 radical (unpaired) electrons. The Bertz CT molecular complexity index is 1180. The Labute approximate surface area is 150 Å². The van der Waals surface area contributed by atoms with Crippen molar-refractivity contribution in [1.82, 2.24) is 9.97 Å². The second-order valence-electron chi connectivity index (χ2n) is 6.74. The number of hydrogen-bond donors (Lipinski definition) is 3. The zero-order valence-electron chi connectivity index (χ0n) is 14.6. The van der Waals surface area contributed by atoms with Crippen molar-refractivity contribution in [3.8, 4) is 0 Å². The molecule has 0 saturated carbocycles. The summed E-state index contributed by atoms with van der Waals surface area (Å²) < 4.78 is 0. The molecule has 5 heteroatoms. The molecule has 0 aliphatic rings. The van der Waals surface area contributed by atoms with Crippen LogP contribution in [0.25, 0.3) is 21.8 Å². The van der Waals surface area contributed by atoms with E-state index in [1.54, 1.807) is 18.2 Å². The summed E-state index contributed by atoms with van der Waals surface area (Å²) in [4.78, 5) is 30.4.